The molecule has 0 rings (SSSR count). The normalized spacial score (nSPS) is 11.8. The van der Waals surface area contributed by atoms with Crippen molar-refractivity contribution in [2.75, 3.05) is 12.3 Å². The van der Waals surface area contributed by atoms with Crippen molar-refractivity contribution in [3.05, 3.63) is 6.92 Å². The lowest BCUT2D eigenvalue weighted by molar-refractivity contribution is 0.595. The second-order valence-corrected chi connectivity index (χ2v) is 6.00. The van der Waals surface area contributed by atoms with Gasteiger partial charge in [-0.15, -0.1) is 0 Å². The van der Waals surface area contributed by atoms with E-state index in [-0.39, 0.29) is 0 Å². The lowest BCUT2D eigenvalue weighted by Gasteiger charge is -2.02. The summed E-state index contributed by atoms with van der Waals surface area (Å²) < 4.78 is 24.3. The second kappa shape index (κ2) is 5.85. The van der Waals surface area contributed by atoms with E-state index in [0.29, 0.717) is 12.3 Å². The summed E-state index contributed by atoms with van der Waals surface area (Å²) in [5, 5.41) is 0. The maximum absolute atomic E-state index is 10.9. The van der Waals surface area contributed by atoms with E-state index in [2.05, 4.69) is 11.6 Å². The van der Waals surface area contributed by atoms with Gasteiger partial charge in [0.2, 0.25) is 0 Å². The van der Waals surface area contributed by atoms with Crippen molar-refractivity contribution in [3.63, 3.8) is 0 Å². The van der Waals surface area contributed by atoms with Gasteiger partial charge in [0, 0.05) is 12.3 Å². The molecule has 0 fully saturated rings. The smallest absolute Gasteiger partial charge is 0.206 e. The Morgan fingerprint density at radius 3 is 2.64 bits per heavy atom. The van der Waals surface area contributed by atoms with Crippen LogP contribution in [0.15, 0.2) is 0 Å². The van der Waals surface area contributed by atoms with Crippen LogP contribution < -0.4 is 4.72 Å². The van der Waals surface area contributed by atoms with Crippen molar-refractivity contribution in [2.24, 2.45) is 0 Å². The summed E-state index contributed by atoms with van der Waals surface area (Å²) in [6.07, 6.45) is 1.56. The summed E-state index contributed by atoms with van der Waals surface area (Å²) in [6.45, 7) is 5.92. The van der Waals surface area contributed by atoms with Crippen LogP contribution in [0.25, 0.3) is 0 Å². The average Bonchev–Trinajstić information content (AvgIpc) is 1.87. The molecule has 5 heteroatoms. The van der Waals surface area contributed by atoms with Gasteiger partial charge in [0.15, 0.2) is 0 Å². The van der Waals surface area contributed by atoms with Crippen LogP contribution >= 0.6 is 10.8 Å². The highest BCUT2D eigenvalue weighted by atomic mass is 33.1. The Bertz CT molecular complexity index is 177. The van der Waals surface area contributed by atoms with Crippen LogP contribution in [0.1, 0.15) is 19.8 Å². The van der Waals surface area contributed by atoms with Crippen LogP contribution in [0.2, 0.25) is 0 Å². The van der Waals surface area contributed by atoms with E-state index in [9.17, 15) is 8.42 Å². The molecule has 0 saturated heterocycles. The van der Waals surface area contributed by atoms with Crippen molar-refractivity contribution in [2.45, 2.75) is 19.8 Å². The molecule has 0 aromatic carbocycles. The van der Waals surface area contributed by atoms with E-state index < -0.39 is 9.06 Å². The molecule has 1 radical (unpaired) electrons. The number of unbranched alkanes of at least 4 members (excludes halogenated alkanes) is 1. The molecule has 0 amide bonds. The lowest BCUT2D eigenvalue weighted by atomic mass is 10.3. The van der Waals surface area contributed by atoms with Gasteiger partial charge in [0.05, 0.1) is 0 Å². The molecule has 11 heavy (non-hydrogen) atoms. The van der Waals surface area contributed by atoms with Crippen LogP contribution in [0.4, 0.5) is 0 Å². The Morgan fingerprint density at radius 2 is 2.18 bits per heavy atom. The van der Waals surface area contributed by atoms with Crippen molar-refractivity contribution in [1.29, 1.82) is 0 Å². The van der Waals surface area contributed by atoms with E-state index in [1.165, 1.54) is 0 Å². The standard InChI is InChI=1S/C6H14NO2S2/c1-3-5-6-7-11(8,9)10-4-2/h7H,1,3-6H2,2H3. The minimum absolute atomic E-state index is 0.499. The Hall–Kier alpha value is 0.260. The van der Waals surface area contributed by atoms with Crippen LogP contribution in [0.5, 0.6) is 0 Å². The fourth-order valence-corrected chi connectivity index (χ4v) is 2.74. The zero-order chi connectivity index (χ0) is 8.74. The molecule has 0 aliphatic carbocycles. The molecule has 0 heterocycles. The number of hydrogen-bond donors (Lipinski definition) is 1. The van der Waals surface area contributed by atoms with E-state index in [1.807, 2.05) is 6.92 Å². The second-order valence-electron chi connectivity index (χ2n) is 1.96. The first-order valence-corrected chi connectivity index (χ1v) is 6.54. The van der Waals surface area contributed by atoms with Gasteiger partial charge in [-0.1, -0.05) is 20.3 Å². The molecule has 0 saturated carbocycles. The molecule has 0 spiro atoms. The van der Waals surface area contributed by atoms with Gasteiger partial charge in [0.25, 0.3) is 9.06 Å². The number of hydrogen-bond acceptors (Lipinski definition) is 3. The molecule has 0 bridgehead atoms. The van der Waals surface area contributed by atoms with Gasteiger partial charge < -0.3 is 0 Å². The lowest BCUT2D eigenvalue weighted by Crippen LogP contribution is -2.21. The number of nitrogens with one attached hydrogen (secondary N) is 1. The van der Waals surface area contributed by atoms with Crippen molar-refractivity contribution in [1.82, 2.24) is 4.72 Å². The molecule has 0 aliphatic heterocycles. The monoisotopic (exact) mass is 196 g/mol. The molecule has 0 atom stereocenters. The zero-order valence-electron chi connectivity index (χ0n) is 6.67. The minimum Gasteiger partial charge on any atom is -0.206 e. The minimum atomic E-state index is -3.06. The summed E-state index contributed by atoms with van der Waals surface area (Å²) in [6, 6.07) is 0. The highest BCUT2D eigenvalue weighted by Crippen LogP contribution is 2.07. The third-order valence-electron chi connectivity index (χ3n) is 0.979. The molecular formula is C6H14NO2S2. The first-order valence-electron chi connectivity index (χ1n) is 3.55. The fourth-order valence-electron chi connectivity index (χ4n) is 0.519. The van der Waals surface area contributed by atoms with Crippen LogP contribution in [-0.2, 0) is 9.06 Å². The summed E-state index contributed by atoms with van der Waals surface area (Å²) >= 11 is 0. The number of rotatable bonds is 6. The topological polar surface area (TPSA) is 46.2 Å². The third kappa shape index (κ3) is 6.65. The highest BCUT2D eigenvalue weighted by Gasteiger charge is 2.06. The van der Waals surface area contributed by atoms with Gasteiger partial charge >= 0.3 is 0 Å². The van der Waals surface area contributed by atoms with Gasteiger partial charge in [-0.25, -0.2) is 13.1 Å². The van der Waals surface area contributed by atoms with Crippen LogP contribution in [0.3, 0.4) is 0 Å². The molecule has 3 nitrogen and oxygen atoms in total. The average molecular weight is 196 g/mol. The van der Waals surface area contributed by atoms with Crippen LogP contribution in [0, 0.1) is 6.92 Å². The van der Waals surface area contributed by atoms with E-state index >= 15 is 0 Å². The summed E-state index contributed by atoms with van der Waals surface area (Å²) in [5.74, 6) is 0.583. The van der Waals surface area contributed by atoms with E-state index in [0.717, 1.165) is 23.6 Å². The first-order chi connectivity index (χ1) is 5.12. The summed E-state index contributed by atoms with van der Waals surface area (Å²) in [5.41, 5.74) is 0. The maximum Gasteiger partial charge on any atom is 0.264 e. The van der Waals surface area contributed by atoms with Gasteiger partial charge in [-0.05, 0) is 17.2 Å². The Morgan fingerprint density at radius 1 is 1.55 bits per heavy atom. The largest absolute Gasteiger partial charge is 0.264 e. The molecular weight excluding hydrogens is 182 g/mol. The van der Waals surface area contributed by atoms with E-state index in [1.54, 1.807) is 0 Å². The molecule has 0 aliphatic rings. The van der Waals surface area contributed by atoms with Crippen molar-refractivity contribution < 1.29 is 8.42 Å². The maximum atomic E-state index is 10.9. The van der Waals surface area contributed by atoms with Crippen LogP contribution in [-0.4, -0.2) is 20.7 Å². The predicted octanol–water partition coefficient (Wildman–Crippen LogP) is 1.19. The molecule has 1 N–H and O–H groups in total. The van der Waals surface area contributed by atoms with Gasteiger partial charge in [-0.2, -0.15) is 0 Å². The van der Waals surface area contributed by atoms with Crippen molar-refractivity contribution >= 4 is 19.8 Å². The molecule has 0 unspecified atom stereocenters. The Balaban J connectivity index is 3.56. The summed E-state index contributed by atoms with van der Waals surface area (Å²) in [4.78, 5) is 0. The first kappa shape index (κ1) is 11.3. The molecule has 0 aromatic heterocycles. The highest BCUT2D eigenvalue weighted by molar-refractivity contribution is 8.71. The third-order valence-corrected chi connectivity index (χ3v) is 4.07. The van der Waals surface area contributed by atoms with Gasteiger partial charge in [0.1, 0.15) is 0 Å². The molecule has 67 valence electrons. The Kier molecular flexibility index (Phi) is 5.99. The Labute approximate surface area is 72.4 Å². The van der Waals surface area contributed by atoms with Crippen molar-refractivity contribution in [3.8, 4) is 0 Å². The predicted molar refractivity (Wildman–Crippen MR) is 49.6 cm³/mol. The molecule has 0 aromatic rings. The SMILES string of the molecule is [CH2]CCCNS(=O)(=O)SCC. The van der Waals surface area contributed by atoms with Gasteiger partial charge in [-0.3, -0.25) is 0 Å². The fraction of sp³-hybridized carbons (Fsp3) is 0.833. The van der Waals surface area contributed by atoms with E-state index in [4.69, 9.17) is 0 Å². The zero-order valence-corrected chi connectivity index (χ0v) is 8.30. The quantitative estimate of drug-likeness (QED) is 0.512. The summed E-state index contributed by atoms with van der Waals surface area (Å²) in [7, 11) is -2.14.